The van der Waals surface area contributed by atoms with Gasteiger partial charge in [-0.25, -0.2) is 15.0 Å². The minimum absolute atomic E-state index is 0.511. The SMILES string of the molecule is Cc1cc2c(N)nc(-c3nccn3C)nc2s1. The summed E-state index contributed by atoms with van der Waals surface area (Å²) in [6, 6.07) is 2.01. The maximum absolute atomic E-state index is 5.95. The van der Waals surface area contributed by atoms with Crippen LogP contribution in [0.3, 0.4) is 0 Å². The molecule has 0 atom stereocenters. The molecule has 0 spiro atoms. The van der Waals surface area contributed by atoms with Gasteiger partial charge in [0, 0.05) is 24.3 Å². The van der Waals surface area contributed by atoms with Crippen molar-refractivity contribution in [2.24, 2.45) is 7.05 Å². The highest BCUT2D eigenvalue weighted by Gasteiger charge is 2.12. The van der Waals surface area contributed by atoms with Gasteiger partial charge in [-0.1, -0.05) is 0 Å². The van der Waals surface area contributed by atoms with Gasteiger partial charge in [-0.2, -0.15) is 0 Å². The average molecular weight is 245 g/mol. The highest BCUT2D eigenvalue weighted by atomic mass is 32.1. The van der Waals surface area contributed by atoms with Crippen LogP contribution < -0.4 is 5.73 Å². The second kappa shape index (κ2) is 3.53. The number of nitrogens with zero attached hydrogens (tertiary/aromatic N) is 4. The zero-order valence-corrected chi connectivity index (χ0v) is 10.3. The number of imidazole rings is 1. The summed E-state index contributed by atoms with van der Waals surface area (Å²) >= 11 is 1.62. The van der Waals surface area contributed by atoms with Crippen LogP contribution in [0.25, 0.3) is 21.9 Å². The van der Waals surface area contributed by atoms with Crippen molar-refractivity contribution in [3.8, 4) is 11.6 Å². The molecule has 3 heterocycles. The van der Waals surface area contributed by atoms with Crippen LogP contribution in [-0.2, 0) is 7.05 Å². The smallest absolute Gasteiger partial charge is 0.199 e. The van der Waals surface area contributed by atoms with Crippen molar-refractivity contribution in [1.29, 1.82) is 0 Å². The van der Waals surface area contributed by atoms with E-state index in [0.29, 0.717) is 11.6 Å². The second-order valence-corrected chi connectivity index (χ2v) is 5.10. The fraction of sp³-hybridized carbons (Fsp3) is 0.182. The van der Waals surface area contributed by atoms with Crippen molar-refractivity contribution in [2.75, 3.05) is 5.73 Å². The number of anilines is 1. The van der Waals surface area contributed by atoms with E-state index < -0.39 is 0 Å². The van der Waals surface area contributed by atoms with Gasteiger partial charge in [0.2, 0.25) is 0 Å². The molecule has 0 amide bonds. The summed E-state index contributed by atoms with van der Waals surface area (Å²) in [5.74, 6) is 1.81. The van der Waals surface area contributed by atoms with Gasteiger partial charge < -0.3 is 10.3 Å². The van der Waals surface area contributed by atoms with Crippen LogP contribution in [0.5, 0.6) is 0 Å². The first-order chi connectivity index (χ1) is 8.15. The average Bonchev–Trinajstić information content (AvgIpc) is 2.83. The van der Waals surface area contributed by atoms with Crippen molar-refractivity contribution in [2.45, 2.75) is 6.92 Å². The quantitative estimate of drug-likeness (QED) is 0.711. The van der Waals surface area contributed by atoms with Crippen molar-refractivity contribution < 1.29 is 0 Å². The standard InChI is InChI=1S/C11H11N5S/c1-6-5-7-8(12)14-9(15-11(7)17-6)10-13-3-4-16(10)2/h3-5H,1-2H3,(H2,12,14,15). The monoisotopic (exact) mass is 245 g/mol. The van der Waals surface area contributed by atoms with Crippen LogP contribution in [-0.4, -0.2) is 19.5 Å². The zero-order valence-electron chi connectivity index (χ0n) is 9.51. The molecule has 0 aromatic carbocycles. The lowest BCUT2D eigenvalue weighted by Crippen LogP contribution is -2.00. The van der Waals surface area contributed by atoms with Crippen molar-refractivity contribution in [3.05, 3.63) is 23.3 Å². The van der Waals surface area contributed by atoms with Crippen LogP contribution in [0, 0.1) is 6.92 Å². The number of fused-ring (bicyclic) bond motifs is 1. The number of nitrogens with two attached hydrogens (primary N) is 1. The van der Waals surface area contributed by atoms with E-state index in [-0.39, 0.29) is 0 Å². The molecule has 0 aliphatic carbocycles. The minimum atomic E-state index is 0.511. The normalized spacial score (nSPS) is 11.2. The molecule has 17 heavy (non-hydrogen) atoms. The summed E-state index contributed by atoms with van der Waals surface area (Å²) in [7, 11) is 1.91. The number of nitrogen functional groups attached to an aromatic ring is 1. The Labute approximate surface area is 102 Å². The van der Waals surface area contributed by atoms with Crippen LogP contribution in [0.2, 0.25) is 0 Å². The highest BCUT2D eigenvalue weighted by Crippen LogP contribution is 2.28. The Bertz CT molecular complexity index is 697. The summed E-state index contributed by atoms with van der Waals surface area (Å²) in [5.41, 5.74) is 5.95. The predicted molar refractivity (Wildman–Crippen MR) is 68.8 cm³/mol. The van der Waals surface area contributed by atoms with E-state index in [9.17, 15) is 0 Å². The third-order valence-electron chi connectivity index (χ3n) is 2.57. The minimum Gasteiger partial charge on any atom is -0.383 e. The summed E-state index contributed by atoms with van der Waals surface area (Å²) in [4.78, 5) is 15.1. The lowest BCUT2D eigenvalue weighted by Gasteiger charge is -2.02. The largest absolute Gasteiger partial charge is 0.383 e. The molecule has 2 N–H and O–H groups in total. The van der Waals surface area contributed by atoms with Crippen LogP contribution >= 0.6 is 11.3 Å². The van der Waals surface area contributed by atoms with Gasteiger partial charge >= 0.3 is 0 Å². The first-order valence-electron chi connectivity index (χ1n) is 5.16. The summed E-state index contributed by atoms with van der Waals surface area (Å²) < 4.78 is 1.88. The Morgan fingerprint density at radius 3 is 2.88 bits per heavy atom. The Kier molecular flexibility index (Phi) is 2.12. The number of aryl methyl sites for hydroxylation is 2. The summed E-state index contributed by atoms with van der Waals surface area (Å²) in [5, 5.41) is 0.922. The highest BCUT2D eigenvalue weighted by molar-refractivity contribution is 7.18. The summed E-state index contributed by atoms with van der Waals surface area (Å²) in [6.45, 7) is 2.03. The first kappa shape index (κ1) is 10.2. The molecule has 0 bridgehead atoms. The number of hydrogen-bond acceptors (Lipinski definition) is 5. The number of rotatable bonds is 1. The molecule has 0 fully saturated rings. The Balaban J connectivity index is 2.28. The summed E-state index contributed by atoms with van der Waals surface area (Å²) in [6.07, 6.45) is 3.58. The molecule has 3 rings (SSSR count). The third kappa shape index (κ3) is 1.57. The van der Waals surface area contributed by atoms with E-state index >= 15 is 0 Å². The predicted octanol–water partition coefficient (Wildman–Crippen LogP) is 1.98. The van der Waals surface area contributed by atoms with Gasteiger partial charge in [0.1, 0.15) is 10.6 Å². The molecule has 3 aromatic heterocycles. The van der Waals surface area contributed by atoms with Gasteiger partial charge in [0.25, 0.3) is 0 Å². The topological polar surface area (TPSA) is 69.6 Å². The fourth-order valence-electron chi connectivity index (χ4n) is 1.75. The lowest BCUT2D eigenvalue weighted by atomic mass is 10.3. The van der Waals surface area contributed by atoms with Crippen LogP contribution in [0.1, 0.15) is 4.88 Å². The number of thiophene rings is 1. The van der Waals surface area contributed by atoms with Gasteiger partial charge in [0.05, 0.1) is 5.39 Å². The Hall–Kier alpha value is -1.95. The molecule has 0 aliphatic rings. The molecule has 0 aliphatic heterocycles. The van der Waals surface area contributed by atoms with E-state index in [0.717, 1.165) is 16.0 Å². The molecule has 0 radical (unpaired) electrons. The second-order valence-electron chi connectivity index (χ2n) is 3.87. The van der Waals surface area contributed by atoms with E-state index in [2.05, 4.69) is 15.0 Å². The lowest BCUT2D eigenvalue weighted by molar-refractivity contribution is 0.910. The van der Waals surface area contributed by atoms with Crippen molar-refractivity contribution in [3.63, 3.8) is 0 Å². The van der Waals surface area contributed by atoms with Gasteiger partial charge in [0.15, 0.2) is 11.6 Å². The molecule has 3 aromatic rings. The maximum Gasteiger partial charge on any atom is 0.199 e. The molecular formula is C11H11N5S. The third-order valence-corrected chi connectivity index (χ3v) is 3.51. The maximum atomic E-state index is 5.95. The molecule has 86 valence electrons. The van der Waals surface area contributed by atoms with Crippen LogP contribution in [0.15, 0.2) is 18.5 Å². The molecule has 6 heteroatoms. The molecule has 0 saturated heterocycles. The van der Waals surface area contributed by atoms with Crippen LogP contribution in [0.4, 0.5) is 5.82 Å². The van der Waals surface area contributed by atoms with Crippen molar-refractivity contribution >= 4 is 27.4 Å². The number of aromatic nitrogens is 4. The van der Waals surface area contributed by atoms with Gasteiger partial charge in [-0.05, 0) is 13.0 Å². The molecule has 5 nitrogen and oxygen atoms in total. The van der Waals surface area contributed by atoms with E-state index in [1.165, 1.54) is 4.88 Å². The fourth-order valence-corrected chi connectivity index (χ4v) is 2.63. The molecule has 0 saturated carbocycles. The van der Waals surface area contributed by atoms with E-state index in [4.69, 9.17) is 5.73 Å². The Morgan fingerprint density at radius 2 is 2.18 bits per heavy atom. The van der Waals surface area contributed by atoms with Gasteiger partial charge in [-0.15, -0.1) is 11.3 Å². The molecule has 0 unspecified atom stereocenters. The Morgan fingerprint density at radius 1 is 1.35 bits per heavy atom. The van der Waals surface area contributed by atoms with Crippen molar-refractivity contribution in [1.82, 2.24) is 19.5 Å². The van der Waals surface area contributed by atoms with Gasteiger partial charge in [-0.3, -0.25) is 0 Å². The van der Waals surface area contributed by atoms with E-state index in [1.54, 1.807) is 17.5 Å². The number of hydrogen-bond donors (Lipinski definition) is 1. The molecular weight excluding hydrogens is 234 g/mol. The first-order valence-corrected chi connectivity index (χ1v) is 5.98. The van der Waals surface area contributed by atoms with E-state index in [1.807, 2.05) is 30.8 Å². The zero-order chi connectivity index (χ0) is 12.0.